The number of pyridine rings is 1. The number of fused-ring (bicyclic) bond motifs is 3. The van der Waals surface area contributed by atoms with Gasteiger partial charge in [-0.25, -0.2) is 4.98 Å². The summed E-state index contributed by atoms with van der Waals surface area (Å²) in [6.07, 6.45) is 1.94. The first-order valence-electron chi connectivity index (χ1n) is 25.7. The summed E-state index contributed by atoms with van der Waals surface area (Å²) in [7, 11) is 2.16. The van der Waals surface area contributed by atoms with Crippen LogP contribution < -0.4 is 15.0 Å². The molecule has 0 atom stereocenters. The van der Waals surface area contributed by atoms with Gasteiger partial charge in [0.2, 0.25) is 0 Å². The highest BCUT2D eigenvalue weighted by Crippen LogP contribution is 2.43. The van der Waals surface area contributed by atoms with Crippen LogP contribution in [0.1, 0.15) is 158 Å². The second-order valence-electron chi connectivity index (χ2n) is 26.3. The Bertz CT molecular complexity index is 3240. The van der Waals surface area contributed by atoms with Crippen LogP contribution in [-0.2, 0) is 32.5 Å². The molecule has 0 saturated heterocycles. The molecule has 5 heteroatoms. The Morgan fingerprint density at radius 3 is 1.58 bits per heavy atom. The first-order chi connectivity index (χ1) is 32.8. The molecule has 8 aromatic rings. The standard InChI is InChI=1S/C66H80N4O/c1-61(2,3)44-24-28-57-55(37-44)54-26-25-53(41-58(54)70(57)60-39-46(29-30-67-60)63(7,8)9)71-52-22-20-21-51(40-52)69(19)59-38-45(62(4,5)6)23-27-56(59)68-50-34-43(33-49(36-50)66(16,17)18)42-31-47(64(10,11)12)35-48(32-42)65(13,14)15/h20-41,68H,1-19H3. The van der Waals surface area contributed by atoms with Crippen molar-refractivity contribution in [2.75, 3.05) is 17.3 Å². The lowest BCUT2D eigenvalue weighted by Gasteiger charge is -2.28. The third-order valence-corrected chi connectivity index (χ3v) is 14.2. The van der Waals surface area contributed by atoms with Crippen LogP contribution in [0.4, 0.5) is 22.7 Å². The Hall–Kier alpha value is -6.33. The average molecular weight is 945 g/mol. The Balaban J connectivity index is 1.19. The highest BCUT2D eigenvalue weighted by atomic mass is 16.5. The van der Waals surface area contributed by atoms with E-state index in [0.717, 1.165) is 51.1 Å². The minimum atomic E-state index is -0.0673. The molecule has 6 aromatic carbocycles. The SMILES string of the molecule is CN(c1cccc(Oc2ccc3c4cc(C(C)(C)C)ccc4n(-c4cc(C(C)(C)C)ccn4)c3c2)c1)c1cc(C(C)(C)C)ccc1Nc1cc(-c2cc(C(C)(C)C)cc(C(C)(C)C)c2)cc(C(C)(C)C)c1. The van der Waals surface area contributed by atoms with Gasteiger partial charge in [-0.2, -0.15) is 0 Å². The van der Waals surface area contributed by atoms with Crippen molar-refractivity contribution in [2.24, 2.45) is 0 Å². The number of ether oxygens (including phenoxy) is 1. The van der Waals surface area contributed by atoms with Gasteiger partial charge >= 0.3 is 0 Å². The summed E-state index contributed by atoms with van der Waals surface area (Å²) in [5, 5.41) is 6.33. The van der Waals surface area contributed by atoms with Crippen molar-refractivity contribution < 1.29 is 4.74 Å². The zero-order chi connectivity index (χ0) is 51.8. The molecule has 0 aliphatic heterocycles. The number of anilines is 4. The highest BCUT2D eigenvalue weighted by molar-refractivity contribution is 6.10. The molecule has 71 heavy (non-hydrogen) atoms. The molecule has 1 N–H and O–H groups in total. The number of rotatable bonds is 8. The molecule has 0 unspecified atom stereocenters. The molecule has 2 aromatic heterocycles. The predicted octanol–water partition coefficient (Wildman–Crippen LogP) is 18.9. The normalized spacial score (nSPS) is 13.0. The highest BCUT2D eigenvalue weighted by Gasteiger charge is 2.25. The number of nitrogens with one attached hydrogen (secondary N) is 1. The molecule has 0 bridgehead atoms. The molecule has 0 amide bonds. The second kappa shape index (κ2) is 18.1. The summed E-state index contributed by atoms with van der Waals surface area (Å²) in [6.45, 7) is 41.2. The van der Waals surface area contributed by atoms with E-state index in [1.54, 1.807) is 0 Å². The van der Waals surface area contributed by atoms with Crippen molar-refractivity contribution in [1.29, 1.82) is 0 Å². The molecule has 8 rings (SSSR count). The molecule has 2 heterocycles. The van der Waals surface area contributed by atoms with E-state index in [4.69, 9.17) is 9.72 Å². The Morgan fingerprint density at radius 1 is 0.437 bits per heavy atom. The average Bonchev–Trinajstić information content (AvgIpc) is 3.60. The Kier molecular flexibility index (Phi) is 13.0. The van der Waals surface area contributed by atoms with Gasteiger partial charge in [-0.1, -0.05) is 167 Å². The summed E-state index contributed by atoms with van der Waals surface area (Å²) >= 11 is 0. The van der Waals surface area contributed by atoms with Gasteiger partial charge in [0.1, 0.15) is 17.3 Å². The zero-order valence-electron chi connectivity index (χ0n) is 46.5. The maximum Gasteiger partial charge on any atom is 0.137 e. The van der Waals surface area contributed by atoms with Crippen molar-refractivity contribution in [3.63, 3.8) is 0 Å². The van der Waals surface area contributed by atoms with Crippen molar-refractivity contribution in [2.45, 2.75) is 157 Å². The van der Waals surface area contributed by atoms with Crippen LogP contribution in [0, 0.1) is 0 Å². The lowest BCUT2D eigenvalue weighted by atomic mass is 9.78. The maximum atomic E-state index is 6.84. The fourth-order valence-corrected chi connectivity index (χ4v) is 9.31. The van der Waals surface area contributed by atoms with Crippen molar-refractivity contribution in [3.8, 4) is 28.4 Å². The summed E-state index contributed by atoms with van der Waals surface area (Å²) in [6, 6.07) is 47.3. The number of benzene rings is 6. The van der Waals surface area contributed by atoms with Crippen LogP contribution >= 0.6 is 0 Å². The number of aromatic nitrogens is 2. The van der Waals surface area contributed by atoms with E-state index in [2.05, 4.69) is 268 Å². The van der Waals surface area contributed by atoms with E-state index in [0.29, 0.717) is 0 Å². The third kappa shape index (κ3) is 11.0. The fraction of sp³-hybridized carbons (Fsp3) is 0.379. The van der Waals surface area contributed by atoms with E-state index in [-0.39, 0.29) is 32.5 Å². The summed E-state index contributed by atoms with van der Waals surface area (Å²) in [5.74, 6) is 2.42. The third-order valence-electron chi connectivity index (χ3n) is 14.2. The van der Waals surface area contributed by atoms with Crippen LogP contribution in [0.2, 0.25) is 0 Å². The topological polar surface area (TPSA) is 42.3 Å². The van der Waals surface area contributed by atoms with Crippen LogP contribution in [0.15, 0.2) is 134 Å². The zero-order valence-corrected chi connectivity index (χ0v) is 46.5. The number of hydrogen-bond acceptors (Lipinski definition) is 4. The van der Waals surface area contributed by atoms with Gasteiger partial charge < -0.3 is 15.0 Å². The fourth-order valence-electron chi connectivity index (χ4n) is 9.31. The minimum Gasteiger partial charge on any atom is -0.457 e. The largest absolute Gasteiger partial charge is 0.457 e. The summed E-state index contributed by atoms with van der Waals surface area (Å²) in [5.41, 5.74) is 16.5. The molecule has 370 valence electrons. The molecule has 0 saturated carbocycles. The lowest BCUT2D eigenvalue weighted by Crippen LogP contribution is -2.17. The molecular formula is C66H80N4O. The summed E-state index contributed by atoms with van der Waals surface area (Å²) in [4.78, 5) is 7.24. The smallest absolute Gasteiger partial charge is 0.137 e. The van der Waals surface area contributed by atoms with Crippen molar-refractivity contribution in [1.82, 2.24) is 9.55 Å². The molecular weight excluding hydrogens is 865 g/mol. The Morgan fingerprint density at radius 2 is 0.972 bits per heavy atom. The van der Waals surface area contributed by atoms with Gasteiger partial charge in [0.15, 0.2) is 0 Å². The van der Waals surface area contributed by atoms with E-state index < -0.39 is 0 Å². The minimum absolute atomic E-state index is 0.00980. The van der Waals surface area contributed by atoms with Crippen molar-refractivity contribution >= 4 is 44.6 Å². The Labute approximate surface area is 426 Å². The van der Waals surface area contributed by atoms with Gasteiger partial charge in [0.25, 0.3) is 0 Å². The molecule has 0 aliphatic rings. The monoisotopic (exact) mass is 945 g/mol. The van der Waals surface area contributed by atoms with Gasteiger partial charge in [0, 0.05) is 47.5 Å². The summed E-state index contributed by atoms with van der Waals surface area (Å²) < 4.78 is 9.14. The maximum absolute atomic E-state index is 6.84. The quantitative estimate of drug-likeness (QED) is 0.165. The van der Waals surface area contributed by atoms with Gasteiger partial charge in [-0.3, -0.25) is 4.57 Å². The first kappa shape index (κ1) is 51.0. The van der Waals surface area contributed by atoms with Gasteiger partial charge in [-0.05, 0) is 150 Å². The van der Waals surface area contributed by atoms with Crippen LogP contribution in [-0.4, -0.2) is 16.6 Å². The molecule has 0 radical (unpaired) electrons. The molecule has 0 aliphatic carbocycles. The van der Waals surface area contributed by atoms with E-state index in [1.807, 2.05) is 12.3 Å². The van der Waals surface area contributed by atoms with E-state index >= 15 is 0 Å². The van der Waals surface area contributed by atoms with Crippen LogP contribution in [0.3, 0.4) is 0 Å². The van der Waals surface area contributed by atoms with E-state index in [9.17, 15) is 0 Å². The van der Waals surface area contributed by atoms with Gasteiger partial charge in [-0.15, -0.1) is 0 Å². The van der Waals surface area contributed by atoms with Crippen LogP contribution in [0.25, 0.3) is 38.8 Å². The number of hydrogen-bond donors (Lipinski definition) is 1. The molecule has 0 fully saturated rings. The second-order valence-corrected chi connectivity index (χ2v) is 26.3. The van der Waals surface area contributed by atoms with Crippen molar-refractivity contribution in [3.05, 3.63) is 167 Å². The van der Waals surface area contributed by atoms with Crippen LogP contribution in [0.5, 0.6) is 11.5 Å². The first-order valence-corrected chi connectivity index (χ1v) is 25.7. The lowest BCUT2D eigenvalue weighted by molar-refractivity contribution is 0.483. The number of nitrogens with zero attached hydrogens (tertiary/aromatic N) is 3. The van der Waals surface area contributed by atoms with E-state index in [1.165, 1.54) is 55.3 Å². The predicted molar refractivity (Wildman–Crippen MR) is 307 cm³/mol. The van der Waals surface area contributed by atoms with Gasteiger partial charge in [0.05, 0.1) is 22.4 Å². The molecule has 0 spiro atoms. The molecule has 5 nitrogen and oxygen atoms in total.